The third-order valence-corrected chi connectivity index (χ3v) is 3.28. The summed E-state index contributed by atoms with van der Waals surface area (Å²) in [6.45, 7) is 5.26. The molecule has 0 bridgehead atoms. The molecular weight excluding hydrogens is 240 g/mol. The summed E-state index contributed by atoms with van der Waals surface area (Å²) in [5.74, 6) is 0.874. The van der Waals surface area contributed by atoms with Crippen molar-refractivity contribution in [3.63, 3.8) is 0 Å². The van der Waals surface area contributed by atoms with Crippen molar-refractivity contribution < 1.29 is 9.53 Å². The second kappa shape index (κ2) is 5.78. The van der Waals surface area contributed by atoms with E-state index in [1.54, 1.807) is 14.0 Å². The first-order chi connectivity index (χ1) is 9.15. The van der Waals surface area contributed by atoms with Gasteiger partial charge in [0.1, 0.15) is 5.75 Å². The molecule has 2 rings (SSSR count). The minimum atomic E-state index is 0.0109. The van der Waals surface area contributed by atoms with Gasteiger partial charge in [0.25, 0.3) is 0 Å². The highest BCUT2D eigenvalue weighted by Crippen LogP contribution is 2.26. The van der Waals surface area contributed by atoms with E-state index in [-0.39, 0.29) is 5.91 Å². The van der Waals surface area contributed by atoms with E-state index in [1.807, 2.05) is 6.07 Å². The van der Waals surface area contributed by atoms with Crippen molar-refractivity contribution >= 4 is 16.8 Å². The van der Waals surface area contributed by atoms with Crippen molar-refractivity contribution in [2.45, 2.75) is 26.8 Å². The molecule has 1 amide bonds. The number of nitrogens with one attached hydrogen (secondary N) is 1. The van der Waals surface area contributed by atoms with Gasteiger partial charge in [-0.25, -0.2) is 0 Å². The Hall–Kier alpha value is -1.97. The van der Waals surface area contributed by atoms with Crippen LogP contribution in [0.2, 0.25) is 0 Å². The van der Waals surface area contributed by atoms with E-state index in [0.29, 0.717) is 6.54 Å². The van der Waals surface area contributed by atoms with Gasteiger partial charge in [-0.05, 0) is 37.1 Å². The number of nitrogens with zero attached hydrogens (tertiary/aromatic N) is 1. The Morgan fingerprint density at radius 3 is 2.84 bits per heavy atom. The third kappa shape index (κ3) is 2.89. The summed E-state index contributed by atoms with van der Waals surface area (Å²) >= 11 is 0. The molecule has 1 aromatic carbocycles. The Balaban J connectivity index is 2.33. The van der Waals surface area contributed by atoms with Gasteiger partial charge >= 0.3 is 0 Å². The van der Waals surface area contributed by atoms with Gasteiger partial charge in [0.05, 0.1) is 7.11 Å². The van der Waals surface area contributed by atoms with Crippen LogP contribution in [0.25, 0.3) is 10.9 Å². The highest BCUT2D eigenvalue weighted by molar-refractivity contribution is 5.85. The van der Waals surface area contributed by atoms with E-state index in [9.17, 15) is 4.79 Å². The molecule has 19 heavy (non-hydrogen) atoms. The summed E-state index contributed by atoms with van der Waals surface area (Å²) in [5, 5.41) is 4.04. The van der Waals surface area contributed by atoms with Gasteiger partial charge in [0.15, 0.2) is 0 Å². The van der Waals surface area contributed by atoms with Gasteiger partial charge in [0, 0.05) is 37.1 Å². The standard InChI is InChI=1S/C15H20N2O2/c1-4-17-10-12(7-8-16-11(2)18)14-9-13(19-3)5-6-15(14)17/h5-6,9-10H,4,7-8H2,1-3H3,(H,16,18). The van der Waals surface area contributed by atoms with Crippen LogP contribution in [0.1, 0.15) is 19.4 Å². The lowest BCUT2D eigenvalue weighted by Crippen LogP contribution is -2.22. The number of carbonyl (C=O) groups excluding carboxylic acids is 1. The number of ether oxygens (including phenoxy) is 1. The van der Waals surface area contributed by atoms with Crippen LogP contribution < -0.4 is 10.1 Å². The number of carbonyl (C=O) groups is 1. The molecule has 0 fully saturated rings. The number of fused-ring (bicyclic) bond motifs is 1. The van der Waals surface area contributed by atoms with Crippen molar-refractivity contribution in [1.82, 2.24) is 9.88 Å². The maximum absolute atomic E-state index is 10.9. The molecule has 0 atom stereocenters. The van der Waals surface area contributed by atoms with Crippen LogP contribution in [0.3, 0.4) is 0 Å². The molecule has 102 valence electrons. The van der Waals surface area contributed by atoms with E-state index in [2.05, 4.69) is 35.1 Å². The van der Waals surface area contributed by atoms with Gasteiger partial charge < -0.3 is 14.6 Å². The van der Waals surface area contributed by atoms with Crippen LogP contribution >= 0.6 is 0 Å². The average Bonchev–Trinajstić information content (AvgIpc) is 2.76. The zero-order valence-corrected chi connectivity index (χ0v) is 11.7. The molecule has 2 aromatic rings. The Labute approximate surface area is 113 Å². The number of hydrogen-bond acceptors (Lipinski definition) is 2. The molecule has 0 aliphatic rings. The van der Waals surface area contributed by atoms with E-state index in [0.717, 1.165) is 18.7 Å². The molecule has 0 aliphatic heterocycles. The zero-order valence-electron chi connectivity index (χ0n) is 11.7. The highest BCUT2D eigenvalue weighted by Gasteiger charge is 2.08. The minimum absolute atomic E-state index is 0.0109. The molecule has 0 saturated carbocycles. The maximum atomic E-state index is 10.9. The number of amides is 1. The van der Waals surface area contributed by atoms with Crippen molar-refractivity contribution in [1.29, 1.82) is 0 Å². The lowest BCUT2D eigenvalue weighted by molar-refractivity contribution is -0.118. The third-order valence-electron chi connectivity index (χ3n) is 3.28. The second-order valence-electron chi connectivity index (χ2n) is 4.56. The summed E-state index contributed by atoms with van der Waals surface area (Å²) in [6, 6.07) is 6.12. The molecule has 0 radical (unpaired) electrons. The fourth-order valence-electron chi connectivity index (χ4n) is 2.31. The highest BCUT2D eigenvalue weighted by atomic mass is 16.5. The fraction of sp³-hybridized carbons (Fsp3) is 0.400. The second-order valence-corrected chi connectivity index (χ2v) is 4.56. The first-order valence-electron chi connectivity index (χ1n) is 6.56. The van der Waals surface area contributed by atoms with Gasteiger partial charge in [-0.3, -0.25) is 4.79 Å². The van der Waals surface area contributed by atoms with Crippen LogP contribution in [0.15, 0.2) is 24.4 Å². The topological polar surface area (TPSA) is 43.3 Å². The van der Waals surface area contributed by atoms with Crippen molar-refractivity contribution in [3.8, 4) is 5.75 Å². The predicted octanol–water partition coefficient (Wildman–Crippen LogP) is 2.35. The van der Waals surface area contributed by atoms with Gasteiger partial charge in [0.2, 0.25) is 5.91 Å². The van der Waals surface area contributed by atoms with Gasteiger partial charge in [-0.1, -0.05) is 0 Å². The van der Waals surface area contributed by atoms with Crippen LogP contribution in [0.4, 0.5) is 0 Å². The molecule has 0 spiro atoms. The number of methoxy groups -OCH3 is 1. The summed E-state index contributed by atoms with van der Waals surface area (Å²) in [7, 11) is 1.68. The average molecular weight is 260 g/mol. The van der Waals surface area contributed by atoms with E-state index in [4.69, 9.17) is 4.74 Å². The number of hydrogen-bond donors (Lipinski definition) is 1. The molecule has 0 saturated heterocycles. The Morgan fingerprint density at radius 2 is 2.21 bits per heavy atom. The molecule has 1 heterocycles. The first kappa shape index (κ1) is 13.5. The quantitative estimate of drug-likeness (QED) is 0.896. The summed E-state index contributed by atoms with van der Waals surface area (Å²) in [6.07, 6.45) is 2.99. The molecule has 1 N–H and O–H groups in total. The predicted molar refractivity (Wildman–Crippen MR) is 76.6 cm³/mol. The molecule has 0 unspecified atom stereocenters. The summed E-state index contributed by atoms with van der Waals surface area (Å²) < 4.78 is 7.50. The van der Waals surface area contributed by atoms with E-state index in [1.165, 1.54) is 16.5 Å². The smallest absolute Gasteiger partial charge is 0.216 e. The van der Waals surface area contributed by atoms with Gasteiger partial charge in [-0.2, -0.15) is 0 Å². The van der Waals surface area contributed by atoms with Crippen LogP contribution in [-0.4, -0.2) is 24.1 Å². The Morgan fingerprint density at radius 1 is 1.42 bits per heavy atom. The lowest BCUT2D eigenvalue weighted by atomic mass is 10.1. The first-order valence-corrected chi connectivity index (χ1v) is 6.56. The number of aromatic nitrogens is 1. The van der Waals surface area contributed by atoms with Crippen molar-refractivity contribution in [3.05, 3.63) is 30.0 Å². The molecule has 0 aliphatic carbocycles. The minimum Gasteiger partial charge on any atom is -0.497 e. The number of rotatable bonds is 5. The zero-order chi connectivity index (χ0) is 13.8. The van der Waals surface area contributed by atoms with Gasteiger partial charge in [-0.15, -0.1) is 0 Å². The number of aryl methyl sites for hydroxylation is 1. The lowest BCUT2D eigenvalue weighted by Gasteiger charge is -2.03. The Bertz CT molecular complexity index is 587. The normalized spacial score (nSPS) is 10.7. The van der Waals surface area contributed by atoms with Crippen LogP contribution in [0.5, 0.6) is 5.75 Å². The summed E-state index contributed by atoms with van der Waals surface area (Å²) in [4.78, 5) is 10.9. The van der Waals surface area contributed by atoms with E-state index >= 15 is 0 Å². The Kier molecular flexibility index (Phi) is 4.10. The van der Waals surface area contributed by atoms with Crippen LogP contribution in [-0.2, 0) is 17.8 Å². The van der Waals surface area contributed by atoms with Crippen molar-refractivity contribution in [2.75, 3.05) is 13.7 Å². The number of benzene rings is 1. The molecular formula is C15H20N2O2. The molecule has 1 aromatic heterocycles. The maximum Gasteiger partial charge on any atom is 0.216 e. The largest absolute Gasteiger partial charge is 0.497 e. The van der Waals surface area contributed by atoms with Crippen LogP contribution in [0, 0.1) is 0 Å². The summed E-state index contributed by atoms with van der Waals surface area (Å²) in [5.41, 5.74) is 2.45. The van der Waals surface area contributed by atoms with E-state index < -0.39 is 0 Å². The van der Waals surface area contributed by atoms with Crippen molar-refractivity contribution in [2.24, 2.45) is 0 Å². The monoisotopic (exact) mass is 260 g/mol. The SMILES string of the molecule is CCn1cc(CCNC(C)=O)c2cc(OC)ccc21. The molecule has 4 heteroatoms. The molecule has 4 nitrogen and oxygen atoms in total. The fourth-order valence-corrected chi connectivity index (χ4v) is 2.31.